The summed E-state index contributed by atoms with van der Waals surface area (Å²) in [5, 5.41) is 0. The predicted molar refractivity (Wildman–Crippen MR) is 62.3 cm³/mol. The lowest BCUT2D eigenvalue weighted by molar-refractivity contribution is -0.136. The number of ether oxygens (including phenoxy) is 1. The number of hydrogen-bond donors (Lipinski definition) is 0. The SMILES string of the molecule is CC(Oc1ccccc1F)C(=O)N1CCCC1. The fourth-order valence-corrected chi connectivity index (χ4v) is 1.98. The fourth-order valence-electron chi connectivity index (χ4n) is 1.98. The highest BCUT2D eigenvalue weighted by molar-refractivity contribution is 5.81. The Hall–Kier alpha value is -1.58. The van der Waals surface area contributed by atoms with E-state index in [9.17, 15) is 9.18 Å². The van der Waals surface area contributed by atoms with Crippen LogP contribution in [0.15, 0.2) is 24.3 Å². The van der Waals surface area contributed by atoms with Crippen LogP contribution in [0.1, 0.15) is 19.8 Å². The summed E-state index contributed by atoms with van der Waals surface area (Å²) in [7, 11) is 0. The van der Waals surface area contributed by atoms with E-state index in [1.54, 1.807) is 24.0 Å². The lowest BCUT2D eigenvalue weighted by Crippen LogP contribution is -2.38. The third kappa shape index (κ3) is 2.75. The Morgan fingerprint density at radius 1 is 1.35 bits per heavy atom. The molecule has 17 heavy (non-hydrogen) atoms. The normalized spacial score (nSPS) is 16.9. The summed E-state index contributed by atoms with van der Waals surface area (Å²) in [6.07, 6.45) is 1.45. The van der Waals surface area contributed by atoms with Crippen LogP contribution in [0.5, 0.6) is 5.75 Å². The molecule has 1 aromatic rings. The maximum Gasteiger partial charge on any atom is 0.263 e. The molecule has 1 unspecified atom stereocenters. The van der Waals surface area contributed by atoms with Crippen molar-refractivity contribution >= 4 is 5.91 Å². The van der Waals surface area contributed by atoms with Crippen molar-refractivity contribution in [3.05, 3.63) is 30.1 Å². The molecule has 3 nitrogen and oxygen atoms in total. The Morgan fingerprint density at radius 3 is 2.65 bits per heavy atom. The number of likely N-dealkylation sites (tertiary alicyclic amines) is 1. The first-order valence-electron chi connectivity index (χ1n) is 5.88. The number of amides is 1. The molecule has 2 rings (SSSR count). The Kier molecular flexibility index (Phi) is 3.61. The van der Waals surface area contributed by atoms with E-state index in [0.717, 1.165) is 25.9 Å². The topological polar surface area (TPSA) is 29.5 Å². The summed E-state index contributed by atoms with van der Waals surface area (Å²) < 4.78 is 18.7. The Labute approximate surface area is 100 Å². The van der Waals surface area contributed by atoms with Crippen molar-refractivity contribution in [2.45, 2.75) is 25.9 Å². The molecule has 92 valence electrons. The molecule has 1 saturated heterocycles. The summed E-state index contributed by atoms with van der Waals surface area (Å²) in [6, 6.07) is 6.13. The summed E-state index contributed by atoms with van der Waals surface area (Å²) in [5.41, 5.74) is 0. The quantitative estimate of drug-likeness (QED) is 0.806. The zero-order chi connectivity index (χ0) is 12.3. The van der Waals surface area contributed by atoms with Crippen LogP contribution in [0.3, 0.4) is 0 Å². The first kappa shape index (κ1) is 11.9. The standard InChI is InChI=1S/C13H16FNO2/c1-10(13(16)15-8-4-5-9-15)17-12-7-3-2-6-11(12)14/h2-3,6-7,10H,4-5,8-9H2,1H3. The van der Waals surface area contributed by atoms with Crippen molar-refractivity contribution in [1.29, 1.82) is 0 Å². The van der Waals surface area contributed by atoms with Gasteiger partial charge >= 0.3 is 0 Å². The molecule has 0 aliphatic carbocycles. The minimum Gasteiger partial charge on any atom is -0.478 e. The molecule has 0 saturated carbocycles. The van der Waals surface area contributed by atoms with E-state index in [1.165, 1.54) is 12.1 Å². The average molecular weight is 237 g/mol. The van der Waals surface area contributed by atoms with E-state index in [-0.39, 0.29) is 11.7 Å². The second kappa shape index (κ2) is 5.17. The number of rotatable bonds is 3. The van der Waals surface area contributed by atoms with Crippen molar-refractivity contribution < 1.29 is 13.9 Å². The molecule has 4 heteroatoms. The molecular weight excluding hydrogens is 221 g/mol. The van der Waals surface area contributed by atoms with Gasteiger partial charge in [0.25, 0.3) is 5.91 Å². The van der Waals surface area contributed by atoms with E-state index in [2.05, 4.69) is 0 Å². The van der Waals surface area contributed by atoms with Crippen molar-refractivity contribution in [2.24, 2.45) is 0 Å². The summed E-state index contributed by atoms with van der Waals surface area (Å²) >= 11 is 0. The third-order valence-corrected chi connectivity index (χ3v) is 2.91. The Morgan fingerprint density at radius 2 is 2.00 bits per heavy atom. The number of carbonyl (C=O) groups is 1. The Bertz CT molecular complexity index is 402. The van der Waals surface area contributed by atoms with Gasteiger partial charge in [0.15, 0.2) is 17.7 Å². The molecule has 1 aliphatic heterocycles. The number of para-hydroxylation sites is 1. The van der Waals surface area contributed by atoms with Gasteiger partial charge in [-0.3, -0.25) is 4.79 Å². The summed E-state index contributed by atoms with van der Waals surface area (Å²) in [4.78, 5) is 13.7. The molecule has 1 heterocycles. The van der Waals surface area contributed by atoms with Crippen LogP contribution >= 0.6 is 0 Å². The van der Waals surface area contributed by atoms with Crippen molar-refractivity contribution in [1.82, 2.24) is 4.90 Å². The fraction of sp³-hybridized carbons (Fsp3) is 0.462. The number of nitrogens with zero attached hydrogens (tertiary/aromatic N) is 1. The molecule has 1 fully saturated rings. The van der Waals surface area contributed by atoms with Crippen LogP contribution in [0, 0.1) is 5.82 Å². The smallest absolute Gasteiger partial charge is 0.263 e. The summed E-state index contributed by atoms with van der Waals surface area (Å²) in [5.74, 6) is -0.369. The Balaban J connectivity index is 1.99. The monoisotopic (exact) mass is 237 g/mol. The third-order valence-electron chi connectivity index (χ3n) is 2.91. The van der Waals surface area contributed by atoms with Gasteiger partial charge in [-0.1, -0.05) is 12.1 Å². The highest BCUT2D eigenvalue weighted by Crippen LogP contribution is 2.18. The molecule has 1 aliphatic rings. The zero-order valence-corrected chi connectivity index (χ0v) is 9.86. The molecule has 1 amide bonds. The van der Waals surface area contributed by atoms with Gasteiger partial charge in [-0.25, -0.2) is 4.39 Å². The van der Waals surface area contributed by atoms with E-state index in [4.69, 9.17) is 4.74 Å². The van der Waals surface area contributed by atoms with Crippen molar-refractivity contribution in [2.75, 3.05) is 13.1 Å². The lowest BCUT2D eigenvalue weighted by atomic mass is 10.3. The van der Waals surface area contributed by atoms with Gasteiger partial charge in [0.2, 0.25) is 0 Å². The van der Waals surface area contributed by atoms with Gasteiger partial charge in [-0.05, 0) is 31.9 Å². The minimum absolute atomic E-state index is 0.0641. The van der Waals surface area contributed by atoms with Gasteiger partial charge in [0.05, 0.1) is 0 Å². The van der Waals surface area contributed by atoms with E-state index < -0.39 is 11.9 Å². The second-order valence-electron chi connectivity index (χ2n) is 4.22. The van der Waals surface area contributed by atoms with E-state index in [1.807, 2.05) is 0 Å². The number of halogens is 1. The molecule has 1 aromatic carbocycles. The zero-order valence-electron chi connectivity index (χ0n) is 9.86. The average Bonchev–Trinajstić information content (AvgIpc) is 2.84. The van der Waals surface area contributed by atoms with Gasteiger partial charge in [-0.2, -0.15) is 0 Å². The van der Waals surface area contributed by atoms with Crippen molar-refractivity contribution in [3.63, 3.8) is 0 Å². The first-order chi connectivity index (χ1) is 8.18. The van der Waals surface area contributed by atoms with Crippen LogP contribution in [0.25, 0.3) is 0 Å². The summed E-state index contributed by atoms with van der Waals surface area (Å²) in [6.45, 7) is 3.22. The number of carbonyl (C=O) groups excluding carboxylic acids is 1. The van der Waals surface area contributed by atoms with Crippen LogP contribution in [-0.2, 0) is 4.79 Å². The molecular formula is C13H16FNO2. The highest BCUT2D eigenvalue weighted by Gasteiger charge is 2.24. The molecule has 0 bridgehead atoms. The minimum atomic E-state index is -0.634. The van der Waals surface area contributed by atoms with Crippen LogP contribution in [-0.4, -0.2) is 30.0 Å². The van der Waals surface area contributed by atoms with Crippen LogP contribution in [0.2, 0.25) is 0 Å². The molecule has 0 aromatic heterocycles. The van der Waals surface area contributed by atoms with Gasteiger partial charge in [-0.15, -0.1) is 0 Å². The second-order valence-corrected chi connectivity index (χ2v) is 4.22. The predicted octanol–water partition coefficient (Wildman–Crippen LogP) is 2.22. The molecule has 0 radical (unpaired) electrons. The molecule has 1 atom stereocenters. The molecule has 0 spiro atoms. The molecule has 0 N–H and O–H groups in total. The lowest BCUT2D eigenvalue weighted by Gasteiger charge is -2.21. The van der Waals surface area contributed by atoms with Crippen LogP contribution < -0.4 is 4.74 Å². The van der Waals surface area contributed by atoms with Gasteiger partial charge < -0.3 is 9.64 Å². The maximum atomic E-state index is 13.3. The first-order valence-corrected chi connectivity index (χ1v) is 5.88. The van der Waals surface area contributed by atoms with E-state index >= 15 is 0 Å². The van der Waals surface area contributed by atoms with Gasteiger partial charge in [0.1, 0.15) is 0 Å². The van der Waals surface area contributed by atoms with Crippen LogP contribution in [0.4, 0.5) is 4.39 Å². The largest absolute Gasteiger partial charge is 0.478 e. The highest BCUT2D eigenvalue weighted by atomic mass is 19.1. The van der Waals surface area contributed by atoms with Gasteiger partial charge in [0, 0.05) is 13.1 Å². The van der Waals surface area contributed by atoms with Crippen molar-refractivity contribution in [3.8, 4) is 5.75 Å². The number of hydrogen-bond acceptors (Lipinski definition) is 2. The number of benzene rings is 1. The maximum absolute atomic E-state index is 13.3. The van der Waals surface area contributed by atoms with E-state index in [0.29, 0.717) is 0 Å².